The summed E-state index contributed by atoms with van der Waals surface area (Å²) in [4.78, 5) is 0.270. The molecule has 21 heavy (non-hydrogen) atoms. The molecule has 0 aromatic heterocycles. The molecule has 0 radical (unpaired) electrons. The summed E-state index contributed by atoms with van der Waals surface area (Å²) in [5.41, 5.74) is 2.76. The van der Waals surface area contributed by atoms with Gasteiger partial charge in [0.25, 0.3) is 0 Å². The molecule has 0 atom stereocenters. The minimum atomic E-state index is -3.50. The van der Waals surface area contributed by atoms with Gasteiger partial charge in [-0.05, 0) is 35.2 Å². The van der Waals surface area contributed by atoms with Crippen LogP contribution >= 0.6 is 0 Å². The van der Waals surface area contributed by atoms with Crippen molar-refractivity contribution in [3.63, 3.8) is 0 Å². The zero-order valence-corrected chi connectivity index (χ0v) is 12.7. The highest BCUT2D eigenvalue weighted by molar-refractivity contribution is 7.89. The lowest BCUT2D eigenvalue weighted by Crippen LogP contribution is -2.23. The molecule has 0 saturated carbocycles. The fourth-order valence-corrected chi connectivity index (χ4v) is 2.95. The normalized spacial score (nSPS) is 11.5. The van der Waals surface area contributed by atoms with Gasteiger partial charge in [0.1, 0.15) is 0 Å². The molecule has 5 heteroatoms. The Balaban J connectivity index is 2.05. The van der Waals surface area contributed by atoms with Gasteiger partial charge in [-0.2, -0.15) is 0 Å². The van der Waals surface area contributed by atoms with Gasteiger partial charge in [0, 0.05) is 6.54 Å². The zero-order valence-electron chi connectivity index (χ0n) is 11.9. The van der Waals surface area contributed by atoms with E-state index in [0.717, 1.165) is 23.1 Å². The largest absolute Gasteiger partial charge is 0.392 e. The fraction of sp³-hybridized carbons (Fsp3) is 0.250. The molecule has 0 aliphatic heterocycles. The summed E-state index contributed by atoms with van der Waals surface area (Å²) in [6, 6.07) is 14.0. The summed E-state index contributed by atoms with van der Waals surface area (Å²) >= 11 is 0. The second-order valence-electron chi connectivity index (χ2n) is 4.80. The van der Waals surface area contributed by atoms with Crippen LogP contribution in [-0.4, -0.2) is 13.5 Å². The molecule has 0 unspecified atom stereocenters. The van der Waals surface area contributed by atoms with E-state index in [1.54, 1.807) is 36.4 Å². The Morgan fingerprint density at radius 2 is 1.43 bits per heavy atom. The molecular formula is C16H19NO3S. The van der Waals surface area contributed by atoms with Crippen molar-refractivity contribution in [2.75, 3.05) is 0 Å². The lowest BCUT2D eigenvalue weighted by Gasteiger charge is -2.08. The van der Waals surface area contributed by atoms with E-state index in [1.165, 1.54) is 0 Å². The summed E-state index contributed by atoms with van der Waals surface area (Å²) in [5, 5.41) is 8.97. The lowest BCUT2D eigenvalue weighted by atomic mass is 10.1. The number of aryl methyl sites for hydroxylation is 1. The zero-order chi connectivity index (χ0) is 15.3. The minimum Gasteiger partial charge on any atom is -0.392 e. The van der Waals surface area contributed by atoms with Gasteiger partial charge in [-0.25, -0.2) is 13.1 Å². The first-order valence-corrected chi connectivity index (χ1v) is 8.31. The smallest absolute Gasteiger partial charge is 0.240 e. The summed E-state index contributed by atoms with van der Waals surface area (Å²) in [6.07, 6.45) is 0.880. The van der Waals surface area contributed by atoms with Crippen molar-refractivity contribution in [1.29, 1.82) is 0 Å². The number of nitrogens with one attached hydrogen (secondary N) is 1. The molecule has 4 nitrogen and oxygen atoms in total. The summed E-state index contributed by atoms with van der Waals surface area (Å²) < 4.78 is 26.9. The Morgan fingerprint density at radius 3 is 1.95 bits per heavy atom. The third-order valence-corrected chi connectivity index (χ3v) is 4.73. The molecule has 0 spiro atoms. The quantitative estimate of drug-likeness (QED) is 0.860. The second kappa shape index (κ2) is 6.85. The molecule has 0 fully saturated rings. The van der Waals surface area contributed by atoms with Gasteiger partial charge >= 0.3 is 0 Å². The second-order valence-corrected chi connectivity index (χ2v) is 6.56. The van der Waals surface area contributed by atoms with Gasteiger partial charge in [-0.1, -0.05) is 43.3 Å². The Morgan fingerprint density at radius 1 is 0.905 bits per heavy atom. The topological polar surface area (TPSA) is 66.4 Å². The third kappa shape index (κ3) is 4.14. The molecule has 2 N–H and O–H groups in total. The Bertz CT molecular complexity index is 676. The van der Waals surface area contributed by atoms with Gasteiger partial charge in [0.2, 0.25) is 10.0 Å². The van der Waals surface area contributed by atoms with E-state index >= 15 is 0 Å². The van der Waals surface area contributed by atoms with Crippen molar-refractivity contribution in [2.24, 2.45) is 0 Å². The van der Waals surface area contributed by atoms with Crippen molar-refractivity contribution in [3.8, 4) is 0 Å². The van der Waals surface area contributed by atoms with Gasteiger partial charge < -0.3 is 5.11 Å². The molecule has 0 heterocycles. The van der Waals surface area contributed by atoms with E-state index in [1.807, 2.05) is 19.1 Å². The molecule has 0 aliphatic rings. The first kappa shape index (κ1) is 15.7. The van der Waals surface area contributed by atoms with Gasteiger partial charge in [0.15, 0.2) is 0 Å². The van der Waals surface area contributed by atoms with Gasteiger partial charge in [-0.3, -0.25) is 0 Å². The average Bonchev–Trinajstić information content (AvgIpc) is 2.53. The van der Waals surface area contributed by atoms with Crippen LogP contribution in [0.3, 0.4) is 0 Å². The van der Waals surface area contributed by atoms with Gasteiger partial charge in [0.05, 0.1) is 11.5 Å². The van der Waals surface area contributed by atoms with E-state index in [4.69, 9.17) is 5.11 Å². The molecular weight excluding hydrogens is 286 g/mol. The predicted octanol–water partition coefficient (Wildman–Crippen LogP) is 2.22. The van der Waals surface area contributed by atoms with Crippen molar-refractivity contribution < 1.29 is 13.5 Å². The van der Waals surface area contributed by atoms with E-state index in [0.29, 0.717) is 0 Å². The average molecular weight is 305 g/mol. The van der Waals surface area contributed by atoms with E-state index in [9.17, 15) is 8.42 Å². The minimum absolute atomic E-state index is 0.0181. The maximum absolute atomic E-state index is 12.2. The van der Waals surface area contributed by atoms with Crippen molar-refractivity contribution in [1.82, 2.24) is 4.72 Å². The van der Waals surface area contributed by atoms with Crippen LogP contribution in [0.25, 0.3) is 0 Å². The Hall–Kier alpha value is -1.69. The highest BCUT2D eigenvalue weighted by atomic mass is 32.2. The summed E-state index contributed by atoms with van der Waals surface area (Å²) in [7, 11) is -3.50. The Labute approximate surface area is 125 Å². The molecule has 112 valence electrons. The molecule has 2 aromatic rings. The SMILES string of the molecule is CCc1ccc(S(=O)(=O)NCc2ccc(CO)cc2)cc1. The molecule has 0 saturated heterocycles. The number of hydrogen-bond donors (Lipinski definition) is 2. The van der Waals surface area contributed by atoms with E-state index in [2.05, 4.69) is 4.72 Å². The van der Waals surface area contributed by atoms with Crippen LogP contribution in [-0.2, 0) is 29.6 Å². The standard InChI is InChI=1S/C16H19NO3S/c1-2-13-7-9-16(10-8-13)21(19,20)17-11-14-3-5-15(12-18)6-4-14/h3-10,17-18H,2,11-12H2,1H3. The number of sulfonamides is 1. The third-order valence-electron chi connectivity index (χ3n) is 3.31. The van der Waals surface area contributed by atoms with Crippen LogP contribution in [0.1, 0.15) is 23.6 Å². The van der Waals surface area contributed by atoms with Crippen LogP contribution < -0.4 is 4.72 Å². The van der Waals surface area contributed by atoms with Crippen molar-refractivity contribution in [3.05, 3.63) is 65.2 Å². The maximum atomic E-state index is 12.2. The summed E-state index contributed by atoms with van der Waals surface area (Å²) in [5.74, 6) is 0. The fourth-order valence-electron chi connectivity index (χ4n) is 1.93. The van der Waals surface area contributed by atoms with Crippen LogP contribution in [0.4, 0.5) is 0 Å². The van der Waals surface area contributed by atoms with E-state index < -0.39 is 10.0 Å². The Kier molecular flexibility index (Phi) is 5.12. The molecule has 0 bridgehead atoms. The maximum Gasteiger partial charge on any atom is 0.240 e. The van der Waals surface area contributed by atoms with Gasteiger partial charge in [-0.15, -0.1) is 0 Å². The van der Waals surface area contributed by atoms with Crippen LogP contribution in [0.5, 0.6) is 0 Å². The lowest BCUT2D eigenvalue weighted by molar-refractivity contribution is 0.282. The van der Waals surface area contributed by atoms with Crippen LogP contribution in [0.2, 0.25) is 0 Å². The monoisotopic (exact) mass is 305 g/mol. The number of rotatable bonds is 6. The molecule has 0 amide bonds. The van der Waals surface area contributed by atoms with Crippen LogP contribution in [0, 0.1) is 0 Å². The summed E-state index contributed by atoms with van der Waals surface area (Å²) in [6.45, 7) is 2.23. The molecule has 2 rings (SSSR count). The van der Waals surface area contributed by atoms with Crippen molar-refractivity contribution >= 4 is 10.0 Å². The first-order chi connectivity index (χ1) is 10.0. The number of hydrogen-bond acceptors (Lipinski definition) is 3. The molecule has 2 aromatic carbocycles. The highest BCUT2D eigenvalue weighted by Gasteiger charge is 2.13. The highest BCUT2D eigenvalue weighted by Crippen LogP contribution is 2.12. The van der Waals surface area contributed by atoms with Crippen LogP contribution in [0.15, 0.2) is 53.4 Å². The molecule has 0 aliphatic carbocycles. The number of aliphatic hydroxyl groups is 1. The van der Waals surface area contributed by atoms with Crippen molar-refractivity contribution in [2.45, 2.75) is 31.4 Å². The number of aliphatic hydroxyl groups excluding tert-OH is 1. The first-order valence-electron chi connectivity index (χ1n) is 6.82. The predicted molar refractivity (Wildman–Crippen MR) is 82.2 cm³/mol. The van der Waals surface area contributed by atoms with E-state index in [-0.39, 0.29) is 18.0 Å². The number of benzene rings is 2.